The number of benzene rings is 8. The predicted molar refractivity (Wildman–Crippen MR) is 274 cm³/mol. The minimum absolute atomic E-state index is 0.190. The van der Waals surface area contributed by atoms with Crippen LogP contribution in [0.2, 0.25) is 0 Å². The number of hydrogen-bond donors (Lipinski definition) is 0. The van der Waals surface area contributed by atoms with Crippen molar-refractivity contribution in [3.05, 3.63) is 251 Å². The maximum atomic E-state index is 6.34. The Morgan fingerprint density at radius 1 is 0.538 bits per heavy atom. The topological polar surface area (TPSA) is 3.24 Å². The molecule has 0 aromatic heterocycles. The first kappa shape index (κ1) is 40.1. The Bertz CT molecular complexity index is 3240. The van der Waals surface area contributed by atoms with E-state index in [0.717, 1.165) is 47.2 Å². The molecule has 3 aliphatic carbocycles. The first-order chi connectivity index (χ1) is 31.9. The van der Waals surface area contributed by atoms with Crippen molar-refractivity contribution in [2.24, 2.45) is 0 Å². The Morgan fingerprint density at radius 3 is 1.85 bits per heavy atom. The molecule has 1 unspecified atom stereocenters. The summed E-state index contributed by atoms with van der Waals surface area (Å²) in [5.41, 5.74) is 24.5. The first-order valence-electron chi connectivity index (χ1n) is 23.0. The number of aryl methyl sites for hydroxylation is 1. The summed E-state index contributed by atoms with van der Waals surface area (Å²) in [7, 11) is 0. The van der Waals surface area contributed by atoms with E-state index in [-0.39, 0.29) is 11.3 Å². The maximum absolute atomic E-state index is 6.34. The van der Waals surface area contributed by atoms with Crippen LogP contribution in [0.1, 0.15) is 66.8 Å². The lowest BCUT2D eigenvalue weighted by atomic mass is 9.77. The van der Waals surface area contributed by atoms with E-state index in [9.17, 15) is 0 Å². The Hall–Kier alpha value is -7.66. The average Bonchev–Trinajstić information content (AvgIpc) is 3.59. The van der Waals surface area contributed by atoms with E-state index in [2.05, 4.69) is 238 Å². The van der Waals surface area contributed by atoms with Crippen molar-refractivity contribution < 1.29 is 0 Å². The Morgan fingerprint density at radius 2 is 1.12 bits per heavy atom. The third kappa shape index (κ3) is 7.08. The quantitative estimate of drug-likeness (QED) is 0.138. The van der Waals surface area contributed by atoms with Crippen molar-refractivity contribution in [3.63, 3.8) is 0 Å². The average molecular weight is 834 g/mol. The summed E-state index contributed by atoms with van der Waals surface area (Å²) in [6.07, 6.45) is 16.6. The van der Waals surface area contributed by atoms with E-state index >= 15 is 0 Å². The standard InChI is InChI=1S/C64H51N/c1-5-52-54(25-16-26-56(52)53-22-13-12-17-43(53)2)48-31-34-50(35-32-48)65(51-36-38-59-58-37-33-49(45-20-10-7-11-21-45)41-61(58)64(3,4)62(59)42-51)63-40-39-55(57-23-14-15-24-60(57)63)47-29-27-46(28-30-47)44-18-8-6-9-19-44/h1,6-14,16-23,25-38,40-42,55H,15,24,39H2,2-4H3. The second-order valence-corrected chi connectivity index (χ2v) is 18.3. The molecule has 0 radical (unpaired) electrons. The smallest absolute Gasteiger partial charge is 0.0465 e. The summed E-state index contributed by atoms with van der Waals surface area (Å²) in [4.78, 5) is 2.54. The van der Waals surface area contributed by atoms with Gasteiger partial charge in [0.15, 0.2) is 0 Å². The van der Waals surface area contributed by atoms with Gasteiger partial charge in [0.05, 0.1) is 0 Å². The van der Waals surface area contributed by atoms with E-state index in [1.165, 1.54) is 83.7 Å². The van der Waals surface area contributed by atoms with E-state index in [4.69, 9.17) is 6.42 Å². The highest BCUT2D eigenvalue weighted by Gasteiger charge is 2.37. The SMILES string of the molecule is C#Cc1c(-c2ccc(N(C3=CCC(c4ccc(-c5ccccc5)cc4)C4=C3CCC=C4)c3ccc4c(c3)C(C)(C)c3cc(-c5ccccc5)ccc3-4)cc2)cccc1-c1ccccc1C. The van der Waals surface area contributed by atoms with Gasteiger partial charge in [-0.1, -0.05) is 196 Å². The van der Waals surface area contributed by atoms with Gasteiger partial charge in [0.25, 0.3) is 0 Å². The van der Waals surface area contributed by atoms with Gasteiger partial charge >= 0.3 is 0 Å². The van der Waals surface area contributed by atoms with Gasteiger partial charge in [0.1, 0.15) is 0 Å². The van der Waals surface area contributed by atoms with Gasteiger partial charge in [-0.25, -0.2) is 0 Å². The molecule has 11 rings (SSSR count). The Labute approximate surface area is 384 Å². The summed E-state index contributed by atoms with van der Waals surface area (Å²) in [5.74, 6) is 3.37. The zero-order valence-electron chi connectivity index (χ0n) is 37.4. The number of fused-ring (bicyclic) bond motifs is 3. The third-order valence-electron chi connectivity index (χ3n) is 14.2. The van der Waals surface area contributed by atoms with Gasteiger partial charge in [-0.2, -0.15) is 0 Å². The fourth-order valence-electron chi connectivity index (χ4n) is 10.8. The number of anilines is 2. The lowest BCUT2D eigenvalue weighted by Crippen LogP contribution is -2.24. The lowest BCUT2D eigenvalue weighted by Gasteiger charge is -2.37. The number of terminal acetylenes is 1. The second-order valence-electron chi connectivity index (χ2n) is 18.3. The molecule has 0 fully saturated rings. The van der Waals surface area contributed by atoms with Crippen LogP contribution in [-0.2, 0) is 5.41 Å². The van der Waals surface area contributed by atoms with Gasteiger partial charge in [0.2, 0.25) is 0 Å². The first-order valence-corrected chi connectivity index (χ1v) is 23.0. The summed E-state index contributed by atoms with van der Waals surface area (Å²) in [6.45, 7) is 6.94. The fourth-order valence-corrected chi connectivity index (χ4v) is 10.8. The predicted octanol–water partition coefficient (Wildman–Crippen LogP) is 16.8. The zero-order chi connectivity index (χ0) is 44.1. The van der Waals surface area contributed by atoms with Crippen molar-refractivity contribution in [1.29, 1.82) is 0 Å². The Balaban J connectivity index is 1.02. The molecule has 1 heteroatoms. The van der Waals surface area contributed by atoms with Gasteiger partial charge in [-0.15, -0.1) is 6.42 Å². The number of hydrogen-bond acceptors (Lipinski definition) is 1. The normalized spacial score (nSPS) is 15.7. The molecule has 0 amide bonds. The molecule has 8 aromatic carbocycles. The third-order valence-corrected chi connectivity index (χ3v) is 14.2. The highest BCUT2D eigenvalue weighted by molar-refractivity contribution is 5.88. The highest BCUT2D eigenvalue weighted by atomic mass is 15.2. The van der Waals surface area contributed by atoms with Crippen LogP contribution in [0.15, 0.2) is 223 Å². The van der Waals surface area contributed by atoms with Crippen molar-refractivity contribution in [2.75, 3.05) is 4.90 Å². The minimum Gasteiger partial charge on any atom is -0.311 e. The van der Waals surface area contributed by atoms with Crippen molar-refractivity contribution in [3.8, 4) is 68.0 Å². The van der Waals surface area contributed by atoms with Gasteiger partial charge in [-0.3, -0.25) is 0 Å². The van der Waals surface area contributed by atoms with Crippen molar-refractivity contribution in [2.45, 2.75) is 51.4 Å². The second kappa shape index (κ2) is 16.5. The summed E-state index contributed by atoms with van der Waals surface area (Å²) in [6, 6.07) is 69.0. The molecule has 312 valence electrons. The molecule has 0 N–H and O–H groups in total. The molecule has 0 saturated heterocycles. The van der Waals surface area contributed by atoms with Gasteiger partial charge in [-0.05, 0) is 146 Å². The Kier molecular flexibility index (Phi) is 10.2. The van der Waals surface area contributed by atoms with Crippen LogP contribution in [0.25, 0.3) is 55.6 Å². The van der Waals surface area contributed by atoms with Crippen LogP contribution in [0, 0.1) is 19.3 Å². The van der Waals surface area contributed by atoms with Crippen LogP contribution in [-0.4, -0.2) is 0 Å². The summed E-state index contributed by atoms with van der Waals surface area (Å²) < 4.78 is 0. The van der Waals surface area contributed by atoms with Crippen LogP contribution in [0.4, 0.5) is 11.4 Å². The molecule has 1 nitrogen and oxygen atoms in total. The van der Waals surface area contributed by atoms with Crippen LogP contribution < -0.4 is 4.90 Å². The van der Waals surface area contributed by atoms with E-state index in [0.29, 0.717) is 0 Å². The van der Waals surface area contributed by atoms with Crippen LogP contribution in [0.5, 0.6) is 0 Å². The highest BCUT2D eigenvalue weighted by Crippen LogP contribution is 2.53. The van der Waals surface area contributed by atoms with Crippen LogP contribution >= 0.6 is 0 Å². The minimum atomic E-state index is -0.190. The zero-order valence-corrected chi connectivity index (χ0v) is 37.4. The monoisotopic (exact) mass is 833 g/mol. The summed E-state index contributed by atoms with van der Waals surface area (Å²) in [5, 5.41) is 0. The molecule has 65 heavy (non-hydrogen) atoms. The molecular weight excluding hydrogens is 783 g/mol. The van der Waals surface area contributed by atoms with Gasteiger partial charge < -0.3 is 4.90 Å². The molecule has 0 heterocycles. The molecule has 0 saturated carbocycles. The molecular formula is C64H51N. The molecule has 0 bridgehead atoms. The molecule has 0 spiro atoms. The molecule has 0 aliphatic heterocycles. The molecule has 1 atom stereocenters. The van der Waals surface area contributed by atoms with E-state index in [1.54, 1.807) is 0 Å². The fraction of sp³-hybridized carbons (Fsp3) is 0.125. The van der Waals surface area contributed by atoms with Crippen molar-refractivity contribution in [1.82, 2.24) is 0 Å². The van der Waals surface area contributed by atoms with E-state index < -0.39 is 0 Å². The van der Waals surface area contributed by atoms with Crippen molar-refractivity contribution >= 4 is 11.4 Å². The lowest BCUT2D eigenvalue weighted by molar-refractivity contribution is 0.660. The largest absolute Gasteiger partial charge is 0.311 e. The van der Waals surface area contributed by atoms with Crippen LogP contribution in [0.3, 0.4) is 0 Å². The number of nitrogens with zero attached hydrogens (tertiary/aromatic N) is 1. The summed E-state index contributed by atoms with van der Waals surface area (Å²) >= 11 is 0. The number of rotatable bonds is 8. The van der Waals surface area contributed by atoms with Gasteiger partial charge in [0, 0.05) is 34.0 Å². The molecule has 3 aliphatic rings. The maximum Gasteiger partial charge on any atom is 0.0465 e. The molecule has 8 aromatic rings. The number of allylic oxidation sites excluding steroid dienone is 5. The van der Waals surface area contributed by atoms with E-state index in [1.807, 2.05) is 0 Å².